The SMILES string of the molecule is C/C=C/[C@@H](O)[C@](C)(O)[C@@H]1CC[C@H]2C3=CC(=O)[C@H]4CC(=CC[C@H](O)C4)[C@H]3CC[C@@]21C. The van der Waals surface area contributed by atoms with E-state index in [1.54, 1.807) is 19.1 Å². The molecule has 0 heterocycles. The number of carbonyl (C=O) groups excluding carboxylic acids is 1. The smallest absolute Gasteiger partial charge is 0.159 e. The summed E-state index contributed by atoms with van der Waals surface area (Å²) in [4.78, 5) is 13.0. The van der Waals surface area contributed by atoms with Gasteiger partial charge in [0.05, 0.1) is 11.7 Å². The molecule has 0 unspecified atom stereocenters. The number of aliphatic hydroxyl groups is 3. The van der Waals surface area contributed by atoms with Crippen LogP contribution in [0.15, 0.2) is 35.5 Å². The van der Waals surface area contributed by atoms with Gasteiger partial charge in [0.25, 0.3) is 0 Å². The van der Waals surface area contributed by atoms with Crippen LogP contribution in [0.25, 0.3) is 0 Å². The number of aliphatic hydroxyl groups excluding tert-OH is 2. The zero-order valence-corrected chi connectivity index (χ0v) is 18.0. The molecule has 0 spiro atoms. The second kappa shape index (κ2) is 7.47. The van der Waals surface area contributed by atoms with Crippen molar-refractivity contribution in [3.63, 3.8) is 0 Å². The summed E-state index contributed by atoms with van der Waals surface area (Å²) in [6.07, 6.45) is 12.1. The summed E-state index contributed by atoms with van der Waals surface area (Å²) < 4.78 is 0. The summed E-state index contributed by atoms with van der Waals surface area (Å²) in [5, 5.41) is 32.1. The van der Waals surface area contributed by atoms with Gasteiger partial charge in [-0.2, -0.15) is 0 Å². The predicted molar refractivity (Wildman–Crippen MR) is 113 cm³/mol. The molecule has 0 aromatic rings. The summed E-state index contributed by atoms with van der Waals surface area (Å²) in [5.74, 6) is 0.634. The van der Waals surface area contributed by atoms with Crippen molar-refractivity contribution in [3.05, 3.63) is 35.5 Å². The lowest BCUT2D eigenvalue weighted by Gasteiger charge is -2.50. The van der Waals surface area contributed by atoms with E-state index in [0.717, 1.165) is 32.1 Å². The van der Waals surface area contributed by atoms with Crippen molar-refractivity contribution >= 4 is 5.78 Å². The van der Waals surface area contributed by atoms with Gasteiger partial charge in [-0.15, -0.1) is 0 Å². The standard InChI is InChI=1S/C25H36O4/c1-4-5-23(28)25(3,29)22-9-8-20-19-14-21(27)16-12-15(6-7-17(26)13-16)18(19)10-11-24(20,22)2/h4-6,14,16-18,20,22-23,26,28-29H,7-13H2,1-3H3/b5-4+/t16-,17-,18+,20-,22+,23+,24-,25+/m0/s1. The molecule has 0 amide bonds. The molecular weight excluding hydrogens is 364 g/mol. The maximum Gasteiger partial charge on any atom is 0.159 e. The number of carbonyl (C=O) groups is 1. The number of hydrogen-bond donors (Lipinski definition) is 3. The van der Waals surface area contributed by atoms with Crippen LogP contribution < -0.4 is 0 Å². The molecule has 8 atom stereocenters. The highest BCUT2D eigenvalue weighted by Crippen LogP contribution is 2.63. The van der Waals surface area contributed by atoms with Crippen LogP contribution in [0.1, 0.15) is 65.7 Å². The van der Waals surface area contributed by atoms with E-state index in [4.69, 9.17) is 0 Å². The van der Waals surface area contributed by atoms with Crippen molar-refractivity contribution in [3.8, 4) is 0 Å². The Labute approximate surface area is 174 Å². The van der Waals surface area contributed by atoms with Gasteiger partial charge in [-0.05, 0) is 82.1 Å². The Morgan fingerprint density at radius 3 is 2.79 bits per heavy atom. The second-order valence-electron chi connectivity index (χ2n) is 10.3. The first-order chi connectivity index (χ1) is 13.7. The molecule has 4 nitrogen and oxygen atoms in total. The van der Waals surface area contributed by atoms with Crippen LogP contribution in [-0.4, -0.2) is 38.9 Å². The fraction of sp³-hybridized carbons (Fsp3) is 0.720. The van der Waals surface area contributed by atoms with Gasteiger partial charge in [0.15, 0.2) is 5.78 Å². The molecule has 0 aliphatic heterocycles. The van der Waals surface area contributed by atoms with E-state index < -0.39 is 17.8 Å². The van der Waals surface area contributed by atoms with E-state index in [-0.39, 0.29) is 29.0 Å². The minimum Gasteiger partial charge on any atom is -0.393 e. The number of rotatable bonds is 3. The maximum absolute atomic E-state index is 13.0. The minimum atomic E-state index is -1.19. The number of hydrogen-bond acceptors (Lipinski definition) is 4. The fourth-order valence-electron chi connectivity index (χ4n) is 7.09. The predicted octanol–water partition coefficient (Wildman–Crippen LogP) is 3.71. The van der Waals surface area contributed by atoms with Gasteiger partial charge in [0.1, 0.15) is 6.10 Å². The molecule has 4 rings (SSSR count). The topological polar surface area (TPSA) is 77.8 Å². The van der Waals surface area contributed by atoms with E-state index in [1.165, 1.54) is 11.1 Å². The van der Waals surface area contributed by atoms with Crippen molar-refractivity contribution in [2.24, 2.45) is 29.1 Å². The third-order valence-corrected chi connectivity index (χ3v) is 8.64. The van der Waals surface area contributed by atoms with Gasteiger partial charge < -0.3 is 15.3 Å². The van der Waals surface area contributed by atoms with Crippen LogP contribution in [0.3, 0.4) is 0 Å². The Morgan fingerprint density at radius 2 is 2.07 bits per heavy atom. The van der Waals surface area contributed by atoms with Gasteiger partial charge >= 0.3 is 0 Å². The van der Waals surface area contributed by atoms with Crippen LogP contribution in [0.2, 0.25) is 0 Å². The maximum atomic E-state index is 13.0. The summed E-state index contributed by atoms with van der Waals surface area (Å²) in [5.41, 5.74) is 1.29. The number of ketones is 1. The first-order valence-corrected chi connectivity index (χ1v) is 11.3. The Kier molecular flexibility index (Phi) is 5.42. The van der Waals surface area contributed by atoms with Crippen molar-refractivity contribution in [1.29, 1.82) is 0 Å². The number of allylic oxidation sites excluding steroid dienone is 4. The number of fused-ring (bicyclic) bond motifs is 6. The highest BCUT2D eigenvalue weighted by Gasteiger charge is 2.58. The molecule has 29 heavy (non-hydrogen) atoms. The van der Waals surface area contributed by atoms with Crippen LogP contribution in [0.5, 0.6) is 0 Å². The van der Waals surface area contributed by atoms with Crippen molar-refractivity contribution in [2.45, 2.75) is 83.5 Å². The molecule has 4 aliphatic carbocycles. The normalized spacial score (nSPS) is 42.8. The van der Waals surface area contributed by atoms with Crippen molar-refractivity contribution in [2.75, 3.05) is 0 Å². The van der Waals surface area contributed by atoms with Crippen LogP contribution >= 0.6 is 0 Å². The van der Waals surface area contributed by atoms with Crippen molar-refractivity contribution < 1.29 is 20.1 Å². The Bertz CT molecular complexity index is 761. The quantitative estimate of drug-likeness (QED) is 0.631. The van der Waals surface area contributed by atoms with Gasteiger partial charge in [-0.25, -0.2) is 0 Å². The fourth-order valence-corrected chi connectivity index (χ4v) is 7.09. The van der Waals surface area contributed by atoms with Gasteiger partial charge in [0.2, 0.25) is 0 Å². The third kappa shape index (κ3) is 3.37. The van der Waals surface area contributed by atoms with E-state index in [9.17, 15) is 20.1 Å². The second-order valence-corrected chi connectivity index (χ2v) is 10.3. The van der Waals surface area contributed by atoms with Gasteiger partial charge in [-0.3, -0.25) is 4.79 Å². The van der Waals surface area contributed by atoms with Gasteiger partial charge in [-0.1, -0.05) is 36.3 Å². The summed E-state index contributed by atoms with van der Waals surface area (Å²) >= 11 is 0. The highest BCUT2D eigenvalue weighted by atomic mass is 16.3. The molecule has 160 valence electrons. The Balaban J connectivity index is 1.69. The molecule has 2 saturated carbocycles. The first kappa shape index (κ1) is 21.0. The third-order valence-electron chi connectivity index (χ3n) is 8.64. The Morgan fingerprint density at radius 1 is 1.31 bits per heavy atom. The average Bonchev–Trinajstić information content (AvgIpc) is 2.82. The van der Waals surface area contributed by atoms with Gasteiger partial charge in [0, 0.05) is 11.8 Å². The lowest BCUT2D eigenvalue weighted by molar-refractivity contribution is -0.119. The van der Waals surface area contributed by atoms with E-state index in [2.05, 4.69) is 13.0 Å². The zero-order valence-electron chi connectivity index (χ0n) is 18.0. The molecule has 4 aliphatic rings. The molecule has 0 saturated heterocycles. The van der Waals surface area contributed by atoms with Crippen LogP contribution in [0.4, 0.5) is 0 Å². The molecule has 0 aromatic heterocycles. The average molecular weight is 401 g/mol. The van der Waals surface area contributed by atoms with Crippen LogP contribution in [0, 0.1) is 29.1 Å². The summed E-state index contributed by atoms with van der Waals surface area (Å²) in [7, 11) is 0. The highest BCUT2D eigenvalue weighted by molar-refractivity contribution is 5.93. The minimum absolute atomic E-state index is 0.00985. The van der Waals surface area contributed by atoms with Crippen LogP contribution in [-0.2, 0) is 4.79 Å². The van der Waals surface area contributed by atoms with Crippen molar-refractivity contribution in [1.82, 2.24) is 0 Å². The molecule has 2 fully saturated rings. The van der Waals surface area contributed by atoms with E-state index in [0.29, 0.717) is 18.8 Å². The summed E-state index contributed by atoms with van der Waals surface area (Å²) in [6.45, 7) is 5.89. The van der Waals surface area contributed by atoms with E-state index in [1.807, 2.05) is 13.0 Å². The van der Waals surface area contributed by atoms with E-state index >= 15 is 0 Å². The molecular formula is C25H36O4. The lowest BCUT2D eigenvalue weighted by atomic mass is 9.56. The molecule has 4 heteroatoms. The largest absolute Gasteiger partial charge is 0.393 e. The lowest BCUT2D eigenvalue weighted by Crippen LogP contribution is -2.52. The zero-order chi connectivity index (χ0) is 21.0. The summed E-state index contributed by atoms with van der Waals surface area (Å²) in [6, 6.07) is 0. The monoisotopic (exact) mass is 400 g/mol. The molecule has 0 radical (unpaired) electrons. The molecule has 2 bridgehead atoms. The Hall–Kier alpha value is -1.23. The molecule has 0 aromatic carbocycles. The first-order valence-electron chi connectivity index (χ1n) is 11.3. The molecule has 3 N–H and O–H groups in total.